The quantitative estimate of drug-likeness (QED) is 0.802. The van der Waals surface area contributed by atoms with Gasteiger partial charge in [0.05, 0.1) is 5.69 Å². The van der Waals surface area contributed by atoms with Gasteiger partial charge >= 0.3 is 5.97 Å². The molecule has 0 aliphatic rings. The number of nitrogens with one attached hydrogen (secondary N) is 1. The van der Waals surface area contributed by atoms with Crippen molar-refractivity contribution in [3.05, 3.63) is 16.8 Å². The second kappa shape index (κ2) is 7.22. The van der Waals surface area contributed by atoms with Crippen LogP contribution in [0.4, 0.5) is 5.82 Å². The first kappa shape index (κ1) is 16.4. The van der Waals surface area contributed by atoms with Crippen molar-refractivity contribution in [3.63, 3.8) is 0 Å². The Kier molecular flexibility index (Phi) is 5.92. The summed E-state index contributed by atoms with van der Waals surface area (Å²) in [6.07, 6.45) is 2.36. The van der Waals surface area contributed by atoms with E-state index >= 15 is 0 Å². The first-order valence-electron chi connectivity index (χ1n) is 7.34. The van der Waals surface area contributed by atoms with Gasteiger partial charge in [-0.15, -0.1) is 5.10 Å². The number of anilines is 1. The molecule has 112 valence electrons. The summed E-state index contributed by atoms with van der Waals surface area (Å²) >= 11 is 0. The molecule has 1 aromatic heterocycles. The van der Waals surface area contributed by atoms with Gasteiger partial charge in [-0.25, -0.2) is 4.79 Å². The predicted octanol–water partition coefficient (Wildman–Crippen LogP) is 3.15. The van der Waals surface area contributed by atoms with Crippen LogP contribution in [0.15, 0.2) is 0 Å². The number of aryl methyl sites for hydroxylation is 1. The highest BCUT2D eigenvalue weighted by Gasteiger charge is 2.22. The summed E-state index contributed by atoms with van der Waals surface area (Å²) in [4.78, 5) is 11.6. The van der Waals surface area contributed by atoms with Gasteiger partial charge in [-0.1, -0.05) is 34.1 Å². The summed E-state index contributed by atoms with van der Waals surface area (Å²) in [6.45, 7) is 10.2. The van der Waals surface area contributed by atoms with E-state index in [9.17, 15) is 9.90 Å². The van der Waals surface area contributed by atoms with Crippen LogP contribution in [0.2, 0.25) is 0 Å². The fraction of sp³-hybridized carbons (Fsp3) is 0.667. The standard InChI is InChI=1S/C15H25N3O2/c1-6-9(4)10(5)16-14-13(15(19)20)11(7-2)12(8-3)17-18-14/h9-10H,6-8H2,1-5H3,(H,16,18)(H,19,20). The normalized spacial score (nSPS) is 13.8. The number of carboxylic acid groups (broad SMARTS) is 1. The van der Waals surface area contributed by atoms with E-state index in [0.29, 0.717) is 24.6 Å². The van der Waals surface area contributed by atoms with Crippen LogP contribution in [-0.2, 0) is 12.8 Å². The fourth-order valence-electron chi connectivity index (χ4n) is 2.22. The molecular formula is C15H25N3O2. The Balaban J connectivity index is 3.23. The third kappa shape index (κ3) is 3.46. The second-order valence-corrected chi connectivity index (χ2v) is 5.18. The van der Waals surface area contributed by atoms with Gasteiger partial charge < -0.3 is 10.4 Å². The van der Waals surface area contributed by atoms with E-state index in [2.05, 4.69) is 29.4 Å². The zero-order valence-corrected chi connectivity index (χ0v) is 13.0. The first-order chi connectivity index (χ1) is 9.46. The topological polar surface area (TPSA) is 75.1 Å². The number of hydrogen-bond acceptors (Lipinski definition) is 4. The molecule has 2 atom stereocenters. The van der Waals surface area contributed by atoms with Crippen LogP contribution < -0.4 is 5.32 Å². The van der Waals surface area contributed by atoms with E-state index in [1.165, 1.54) is 0 Å². The van der Waals surface area contributed by atoms with E-state index < -0.39 is 5.97 Å². The number of carboxylic acids is 1. The summed E-state index contributed by atoms with van der Waals surface area (Å²) in [5, 5.41) is 21.0. The molecule has 20 heavy (non-hydrogen) atoms. The van der Waals surface area contributed by atoms with E-state index in [0.717, 1.165) is 17.7 Å². The Morgan fingerprint density at radius 1 is 1.20 bits per heavy atom. The molecule has 1 aromatic rings. The van der Waals surface area contributed by atoms with Crippen molar-refractivity contribution in [2.24, 2.45) is 5.92 Å². The van der Waals surface area contributed by atoms with E-state index in [4.69, 9.17) is 0 Å². The van der Waals surface area contributed by atoms with Crippen molar-refractivity contribution >= 4 is 11.8 Å². The molecule has 0 amide bonds. The Morgan fingerprint density at radius 2 is 1.85 bits per heavy atom. The van der Waals surface area contributed by atoms with Crippen LogP contribution in [-0.4, -0.2) is 27.3 Å². The smallest absolute Gasteiger partial charge is 0.339 e. The summed E-state index contributed by atoms with van der Waals surface area (Å²) < 4.78 is 0. The van der Waals surface area contributed by atoms with Gasteiger partial charge in [-0.05, 0) is 31.2 Å². The fourth-order valence-corrected chi connectivity index (χ4v) is 2.22. The molecule has 0 saturated carbocycles. The van der Waals surface area contributed by atoms with Gasteiger partial charge in [0.25, 0.3) is 0 Å². The molecule has 0 spiro atoms. The third-order valence-electron chi connectivity index (χ3n) is 3.92. The van der Waals surface area contributed by atoms with Crippen LogP contribution in [0, 0.1) is 5.92 Å². The van der Waals surface area contributed by atoms with Gasteiger partial charge in [0, 0.05) is 6.04 Å². The first-order valence-corrected chi connectivity index (χ1v) is 7.34. The lowest BCUT2D eigenvalue weighted by atomic mass is 9.99. The monoisotopic (exact) mass is 279 g/mol. The molecule has 0 aliphatic heterocycles. The maximum atomic E-state index is 11.6. The van der Waals surface area contributed by atoms with Crippen molar-refractivity contribution in [1.29, 1.82) is 0 Å². The Morgan fingerprint density at radius 3 is 2.30 bits per heavy atom. The summed E-state index contributed by atoms with van der Waals surface area (Å²) in [7, 11) is 0. The largest absolute Gasteiger partial charge is 0.478 e. The molecule has 0 aromatic carbocycles. The zero-order chi connectivity index (χ0) is 15.3. The number of rotatable bonds is 7. The lowest BCUT2D eigenvalue weighted by molar-refractivity contribution is 0.0696. The molecule has 2 unspecified atom stereocenters. The molecule has 0 saturated heterocycles. The van der Waals surface area contributed by atoms with Crippen molar-refractivity contribution in [1.82, 2.24) is 10.2 Å². The second-order valence-electron chi connectivity index (χ2n) is 5.18. The minimum absolute atomic E-state index is 0.157. The molecule has 0 bridgehead atoms. The molecule has 1 heterocycles. The maximum absolute atomic E-state index is 11.6. The van der Waals surface area contributed by atoms with Crippen LogP contribution in [0.3, 0.4) is 0 Å². The highest BCUT2D eigenvalue weighted by Crippen LogP contribution is 2.23. The van der Waals surface area contributed by atoms with E-state index in [1.54, 1.807) is 0 Å². The third-order valence-corrected chi connectivity index (χ3v) is 3.92. The molecule has 5 heteroatoms. The van der Waals surface area contributed by atoms with Crippen molar-refractivity contribution in [2.75, 3.05) is 5.32 Å². The average molecular weight is 279 g/mol. The minimum atomic E-state index is -0.940. The molecule has 1 rings (SSSR count). The van der Waals surface area contributed by atoms with Crippen LogP contribution in [0.5, 0.6) is 0 Å². The molecular weight excluding hydrogens is 254 g/mol. The Hall–Kier alpha value is -1.65. The lowest BCUT2D eigenvalue weighted by Crippen LogP contribution is -2.26. The number of hydrogen-bond donors (Lipinski definition) is 2. The average Bonchev–Trinajstić information content (AvgIpc) is 2.44. The van der Waals surface area contributed by atoms with Crippen LogP contribution in [0.1, 0.15) is 62.7 Å². The summed E-state index contributed by atoms with van der Waals surface area (Å²) in [5.74, 6) is -0.112. The minimum Gasteiger partial charge on any atom is -0.478 e. The molecule has 5 nitrogen and oxygen atoms in total. The van der Waals surface area contributed by atoms with Crippen LogP contribution >= 0.6 is 0 Å². The summed E-state index contributed by atoms with van der Waals surface area (Å²) in [6, 6.07) is 0.157. The van der Waals surface area contributed by atoms with Gasteiger partial charge in [-0.2, -0.15) is 5.10 Å². The van der Waals surface area contributed by atoms with Crippen LogP contribution in [0.25, 0.3) is 0 Å². The number of aromatic nitrogens is 2. The Labute approximate surface area is 120 Å². The molecule has 0 radical (unpaired) electrons. The number of aromatic carboxylic acids is 1. The maximum Gasteiger partial charge on any atom is 0.339 e. The van der Waals surface area contributed by atoms with Crippen molar-refractivity contribution in [2.45, 2.75) is 59.9 Å². The summed E-state index contributed by atoms with van der Waals surface area (Å²) in [5.41, 5.74) is 1.83. The van der Waals surface area contributed by atoms with Crippen molar-refractivity contribution < 1.29 is 9.90 Å². The number of nitrogens with zero attached hydrogens (tertiary/aromatic N) is 2. The van der Waals surface area contributed by atoms with E-state index in [-0.39, 0.29) is 11.6 Å². The van der Waals surface area contributed by atoms with Gasteiger partial charge in [0.2, 0.25) is 0 Å². The SMILES string of the molecule is CCc1nnc(NC(C)C(C)CC)c(C(=O)O)c1CC. The van der Waals surface area contributed by atoms with Gasteiger partial charge in [-0.3, -0.25) is 0 Å². The predicted molar refractivity (Wildman–Crippen MR) is 80.3 cm³/mol. The van der Waals surface area contributed by atoms with Crippen molar-refractivity contribution in [3.8, 4) is 0 Å². The molecule has 2 N–H and O–H groups in total. The highest BCUT2D eigenvalue weighted by atomic mass is 16.4. The van der Waals surface area contributed by atoms with Gasteiger partial charge in [0.1, 0.15) is 5.56 Å². The van der Waals surface area contributed by atoms with Gasteiger partial charge in [0.15, 0.2) is 5.82 Å². The highest BCUT2D eigenvalue weighted by molar-refractivity contribution is 5.95. The molecule has 0 aliphatic carbocycles. The zero-order valence-electron chi connectivity index (χ0n) is 13.0. The Bertz CT molecular complexity index is 474. The lowest BCUT2D eigenvalue weighted by Gasteiger charge is -2.22. The molecule has 0 fully saturated rings. The van der Waals surface area contributed by atoms with E-state index in [1.807, 2.05) is 20.8 Å². The number of carbonyl (C=O) groups is 1.